The van der Waals surface area contributed by atoms with Crippen LogP contribution >= 0.6 is 23.2 Å². The Morgan fingerprint density at radius 2 is 0.889 bits per heavy atom. The third-order valence-electron chi connectivity index (χ3n) is 10.4. The minimum atomic E-state index is -1.28. The lowest BCUT2D eigenvalue weighted by Gasteiger charge is -2.35. The van der Waals surface area contributed by atoms with E-state index < -0.39 is 80.9 Å². The van der Waals surface area contributed by atoms with Gasteiger partial charge in [-0.2, -0.15) is 0 Å². The quantitative estimate of drug-likeness (QED) is 0.129. The van der Waals surface area contributed by atoms with Crippen molar-refractivity contribution in [1.82, 2.24) is 10.0 Å². The smallest absolute Gasteiger partial charge is 0.289 e. The third kappa shape index (κ3) is 5.05. The van der Waals surface area contributed by atoms with Gasteiger partial charge in [0, 0.05) is 12.1 Å². The number of amides is 4. The van der Waals surface area contributed by atoms with Crippen molar-refractivity contribution in [3.63, 3.8) is 0 Å². The first kappa shape index (κ1) is 35.1. The van der Waals surface area contributed by atoms with Gasteiger partial charge in [-0.15, -0.1) is 0 Å². The Kier molecular flexibility index (Phi) is 8.37. The van der Waals surface area contributed by atoms with Crippen molar-refractivity contribution < 1.29 is 38.5 Å². The number of hydrazine groups is 1. The van der Waals surface area contributed by atoms with Gasteiger partial charge in [0.15, 0.2) is 0 Å². The van der Waals surface area contributed by atoms with Crippen molar-refractivity contribution in [1.29, 1.82) is 0 Å². The first-order valence-electron chi connectivity index (χ1n) is 16.4. The first-order valence-corrected chi connectivity index (χ1v) is 17.1. The van der Waals surface area contributed by atoms with E-state index in [1.807, 2.05) is 0 Å². The highest BCUT2D eigenvalue weighted by molar-refractivity contribution is 6.33. The summed E-state index contributed by atoms with van der Waals surface area (Å²) in [6, 6.07) is 16.0. The number of anilines is 2. The van der Waals surface area contributed by atoms with Gasteiger partial charge in [-0.3, -0.25) is 39.4 Å². The zero-order valence-corrected chi connectivity index (χ0v) is 29.6. The maximum atomic E-state index is 14.7. The molecule has 18 heteroatoms. The molecule has 0 spiro atoms. The summed E-state index contributed by atoms with van der Waals surface area (Å²) in [5.41, 5.74) is -0.143. The summed E-state index contributed by atoms with van der Waals surface area (Å²) in [5.74, 6) is -4.20. The zero-order valence-electron chi connectivity index (χ0n) is 28.1. The Morgan fingerprint density at radius 1 is 0.537 bits per heavy atom. The molecule has 4 aromatic carbocycles. The van der Waals surface area contributed by atoms with Crippen molar-refractivity contribution in [2.24, 2.45) is 11.8 Å². The van der Waals surface area contributed by atoms with Crippen LogP contribution in [0.3, 0.4) is 0 Å². The van der Waals surface area contributed by atoms with Gasteiger partial charge < -0.3 is 9.47 Å². The van der Waals surface area contributed by atoms with E-state index >= 15 is 0 Å². The van der Waals surface area contributed by atoms with Crippen LogP contribution in [0.25, 0.3) is 0 Å². The predicted molar refractivity (Wildman–Crippen MR) is 191 cm³/mol. The number of carbonyl (C=O) groups is 4. The van der Waals surface area contributed by atoms with E-state index in [2.05, 4.69) is 0 Å². The number of carbonyl (C=O) groups excluding carboxylic acids is 4. The molecule has 8 rings (SSSR count). The van der Waals surface area contributed by atoms with Gasteiger partial charge >= 0.3 is 0 Å². The number of nitro groups is 2. The number of imide groups is 2. The van der Waals surface area contributed by atoms with Gasteiger partial charge in [-0.05, 0) is 59.7 Å². The van der Waals surface area contributed by atoms with Crippen LogP contribution in [0, 0.1) is 32.1 Å². The van der Waals surface area contributed by atoms with E-state index in [-0.39, 0.29) is 21.4 Å². The molecule has 274 valence electrons. The van der Waals surface area contributed by atoms with Crippen molar-refractivity contribution in [3.8, 4) is 11.5 Å². The number of nitro benzene ring substituents is 2. The number of hydrogen-bond donors (Lipinski definition) is 0. The minimum absolute atomic E-state index is 0.0708. The van der Waals surface area contributed by atoms with E-state index in [9.17, 15) is 39.4 Å². The SMILES string of the molecule is COc1ccc(C2C3C(=O)N(c4ccc(Cl)c([N+](=O)[O-])c4)C(=O)C3N3C(c4ccc(OC)cc4)C4C(=O)N(c5ccc(Cl)c([N+](=O)[O-])c5)C(=O)C4N23)cc1. The van der Waals surface area contributed by atoms with E-state index in [0.717, 1.165) is 21.9 Å². The first-order chi connectivity index (χ1) is 25.9. The number of fused-ring (bicyclic) bond motifs is 5. The summed E-state index contributed by atoms with van der Waals surface area (Å²) >= 11 is 12.1. The average Bonchev–Trinajstić information content (AvgIpc) is 3.83. The molecule has 6 atom stereocenters. The molecule has 54 heavy (non-hydrogen) atoms. The molecule has 4 heterocycles. The van der Waals surface area contributed by atoms with Crippen LogP contribution in [0.15, 0.2) is 84.9 Å². The number of ether oxygens (including phenoxy) is 2. The summed E-state index contributed by atoms with van der Waals surface area (Å²) in [5, 5.41) is 26.4. The summed E-state index contributed by atoms with van der Waals surface area (Å²) in [6.07, 6.45) is 0. The van der Waals surface area contributed by atoms with Crippen LogP contribution in [0.2, 0.25) is 10.0 Å². The van der Waals surface area contributed by atoms with E-state index in [0.29, 0.717) is 22.6 Å². The fraction of sp³-hybridized carbons (Fsp3) is 0.222. The Bertz CT molecular complexity index is 2150. The fourth-order valence-corrected chi connectivity index (χ4v) is 8.54. The normalized spacial score (nSPS) is 24.9. The molecule has 16 nitrogen and oxygen atoms in total. The lowest BCUT2D eigenvalue weighted by molar-refractivity contribution is -0.384. The molecular formula is C36H26Cl2N6O10. The molecule has 4 amide bonds. The average molecular weight is 774 g/mol. The van der Waals surface area contributed by atoms with Gasteiger partial charge in [0.05, 0.1) is 59.4 Å². The van der Waals surface area contributed by atoms with Crippen molar-refractivity contribution in [3.05, 3.63) is 126 Å². The number of hydrogen-bond acceptors (Lipinski definition) is 12. The summed E-state index contributed by atoms with van der Waals surface area (Å²) < 4.78 is 10.7. The Labute approximate surface area is 315 Å². The van der Waals surface area contributed by atoms with Gasteiger partial charge in [-0.1, -0.05) is 47.5 Å². The predicted octanol–water partition coefficient (Wildman–Crippen LogP) is 5.27. The molecule has 0 N–H and O–H groups in total. The second-order valence-corrected chi connectivity index (χ2v) is 13.8. The zero-order chi connectivity index (χ0) is 38.3. The fourth-order valence-electron chi connectivity index (χ4n) is 8.17. The van der Waals surface area contributed by atoms with Crippen LogP contribution in [0.4, 0.5) is 22.7 Å². The largest absolute Gasteiger partial charge is 0.497 e. The molecule has 0 bridgehead atoms. The Hall–Kier alpha value is -5.94. The number of rotatable bonds is 8. The second-order valence-electron chi connectivity index (χ2n) is 12.9. The lowest BCUT2D eigenvalue weighted by atomic mass is 9.84. The second kappa shape index (κ2) is 12.9. The molecule has 0 aromatic heterocycles. The molecule has 4 aromatic rings. The molecule has 0 saturated carbocycles. The lowest BCUT2D eigenvalue weighted by Crippen LogP contribution is -2.50. The highest BCUT2D eigenvalue weighted by Crippen LogP contribution is 2.60. The number of halogens is 2. The topological polar surface area (TPSA) is 186 Å². The van der Waals surface area contributed by atoms with Gasteiger partial charge in [0.25, 0.3) is 23.2 Å². The number of methoxy groups -OCH3 is 2. The third-order valence-corrected chi connectivity index (χ3v) is 11.0. The van der Waals surface area contributed by atoms with Crippen LogP contribution in [-0.2, 0) is 19.2 Å². The monoisotopic (exact) mass is 772 g/mol. The molecule has 0 aliphatic carbocycles. The molecule has 0 radical (unpaired) electrons. The maximum absolute atomic E-state index is 14.7. The summed E-state index contributed by atoms with van der Waals surface area (Å²) in [7, 11) is 2.96. The van der Waals surface area contributed by atoms with E-state index in [1.165, 1.54) is 38.5 Å². The van der Waals surface area contributed by atoms with Gasteiger partial charge in [0.2, 0.25) is 11.8 Å². The molecule has 6 unspecified atom stereocenters. The number of benzene rings is 4. The van der Waals surface area contributed by atoms with Crippen molar-refractivity contribution in [2.75, 3.05) is 24.0 Å². The van der Waals surface area contributed by atoms with Crippen LogP contribution in [-0.4, -0.2) is 69.8 Å². The summed E-state index contributed by atoms with van der Waals surface area (Å²) in [6.45, 7) is 0. The minimum Gasteiger partial charge on any atom is -0.497 e. The number of nitrogens with zero attached hydrogens (tertiary/aromatic N) is 6. The van der Waals surface area contributed by atoms with Crippen LogP contribution in [0.5, 0.6) is 11.5 Å². The van der Waals surface area contributed by atoms with E-state index in [1.54, 1.807) is 58.5 Å². The molecule has 4 fully saturated rings. The van der Waals surface area contributed by atoms with Gasteiger partial charge in [-0.25, -0.2) is 19.8 Å². The summed E-state index contributed by atoms with van der Waals surface area (Å²) in [4.78, 5) is 82.6. The Balaban J connectivity index is 1.32. The van der Waals surface area contributed by atoms with Crippen molar-refractivity contribution >= 4 is 69.6 Å². The highest BCUT2D eigenvalue weighted by Gasteiger charge is 2.73. The highest BCUT2D eigenvalue weighted by atomic mass is 35.5. The van der Waals surface area contributed by atoms with Crippen LogP contribution < -0.4 is 19.3 Å². The van der Waals surface area contributed by atoms with Gasteiger partial charge in [0.1, 0.15) is 33.6 Å². The molecular weight excluding hydrogens is 747 g/mol. The van der Waals surface area contributed by atoms with Crippen LogP contribution in [0.1, 0.15) is 23.2 Å². The molecule has 4 saturated heterocycles. The standard InChI is InChI=1S/C36H26Cl2N6O10/c1-53-21-9-3-17(4-10-21)29-27-31(35(47)39(33(27)45)19-7-13-23(37)25(15-19)43(49)50)42-30(18-5-11-22(54-2)12-6-18)28-32(41(29)42)36(48)40(34(28)46)20-8-14-24(38)26(16-20)44(51)52/h3-16,27-32H,1-2H3. The molecule has 4 aliphatic rings. The van der Waals surface area contributed by atoms with Crippen molar-refractivity contribution in [2.45, 2.75) is 24.2 Å². The Morgan fingerprint density at radius 3 is 1.20 bits per heavy atom. The maximum Gasteiger partial charge on any atom is 0.289 e. The molecule has 4 aliphatic heterocycles. The van der Waals surface area contributed by atoms with E-state index in [4.69, 9.17) is 32.7 Å².